The number of nitrogens with one attached hydrogen (secondary N) is 2. The molecule has 2 aromatic rings. The second kappa shape index (κ2) is 5.05. The fourth-order valence-electron chi connectivity index (χ4n) is 2.16. The highest BCUT2D eigenvalue weighted by molar-refractivity contribution is 9.10. The maximum Gasteiger partial charge on any atom is 0.280 e. The summed E-state index contributed by atoms with van der Waals surface area (Å²) in [5, 5.41) is 9.52. The number of rotatable bonds is 2. The van der Waals surface area contributed by atoms with Gasteiger partial charge in [0.1, 0.15) is 10.2 Å². The number of aromatic nitrogens is 2. The van der Waals surface area contributed by atoms with Crippen molar-refractivity contribution in [2.24, 2.45) is 0 Å². The molecule has 6 heteroatoms. The lowest BCUT2D eigenvalue weighted by Crippen LogP contribution is -2.22. The van der Waals surface area contributed by atoms with E-state index < -0.39 is 0 Å². The molecule has 5 nitrogen and oxygen atoms in total. The van der Waals surface area contributed by atoms with Crippen molar-refractivity contribution in [3.05, 3.63) is 50.9 Å². The minimum atomic E-state index is -0.245. The van der Waals surface area contributed by atoms with Gasteiger partial charge in [0.2, 0.25) is 0 Å². The van der Waals surface area contributed by atoms with Crippen molar-refractivity contribution in [1.82, 2.24) is 10.2 Å². The van der Waals surface area contributed by atoms with Crippen LogP contribution >= 0.6 is 15.9 Å². The van der Waals surface area contributed by atoms with E-state index in [1.165, 1.54) is 0 Å². The molecule has 0 fully saturated rings. The van der Waals surface area contributed by atoms with Crippen molar-refractivity contribution < 1.29 is 4.74 Å². The van der Waals surface area contributed by atoms with Crippen LogP contribution in [-0.4, -0.2) is 16.8 Å². The Bertz CT molecular complexity index is 656. The molecule has 0 radical (unpaired) electrons. The number of para-hydroxylation sites is 1. The number of anilines is 1. The summed E-state index contributed by atoms with van der Waals surface area (Å²) in [6, 6.07) is 8.03. The van der Waals surface area contributed by atoms with Crippen molar-refractivity contribution in [3.8, 4) is 5.75 Å². The zero-order valence-corrected chi connectivity index (χ0v) is 11.6. The van der Waals surface area contributed by atoms with E-state index in [2.05, 4.69) is 31.4 Å². The zero-order valence-electron chi connectivity index (χ0n) is 10.0. The first-order valence-electron chi connectivity index (χ1n) is 5.97. The fourth-order valence-corrected chi connectivity index (χ4v) is 2.47. The summed E-state index contributed by atoms with van der Waals surface area (Å²) in [6.07, 6.45) is 2.44. The third-order valence-corrected chi connectivity index (χ3v) is 3.87. The minimum absolute atomic E-state index is 0.116. The molecule has 1 aromatic heterocycles. The van der Waals surface area contributed by atoms with Gasteiger partial charge in [0.25, 0.3) is 5.56 Å². The number of ether oxygens (including phenoxy) is 1. The molecule has 0 saturated heterocycles. The van der Waals surface area contributed by atoms with Gasteiger partial charge in [-0.25, -0.2) is 5.10 Å². The average Bonchev–Trinajstić information content (AvgIpc) is 2.44. The molecule has 0 aliphatic carbocycles. The number of benzene rings is 1. The normalized spacial score (nSPS) is 17.4. The predicted molar refractivity (Wildman–Crippen MR) is 75.5 cm³/mol. The fraction of sp³-hybridized carbons (Fsp3) is 0.231. The molecule has 3 rings (SSSR count). The Hall–Kier alpha value is -1.82. The molecule has 98 valence electrons. The van der Waals surface area contributed by atoms with Crippen molar-refractivity contribution >= 4 is 21.6 Å². The summed E-state index contributed by atoms with van der Waals surface area (Å²) in [7, 11) is 0. The van der Waals surface area contributed by atoms with Gasteiger partial charge in [-0.2, -0.15) is 5.10 Å². The van der Waals surface area contributed by atoms with Crippen molar-refractivity contribution in [1.29, 1.82) is 0 Å². The summed E-state index contributed by atoms with van der Waals surface area (Å²) < 4.78 is 6.07. The highest BCUT2D eigenvalue weighted by Crippen LogP contribution is 2.34. The smallest absolute Gasteiger partial charge is 0.280 e. The molecular formula is C13H12BrN3O2. The Kier molecular flexibility index (Phi) is 3.25. The second-order valence-corrected chi connectivity index (χ2v) is 5.09. The monoisotopic (exact) mass is 321 g/mol. The summed E-state index contributed by atoms with van der Waals surface area (Å²) in [5.41, 5.74) is 1.54. The van der Waals surface area contributed by atoms with E-state index in [0.29, 0.717) is 16.8 Å². The van der Waals surface area contributed by atoms with Gasteiger partial charge in [0, 0.05) is 12.0 Å². The quantitative estimate of drug-likeness (QED) is 0.891. The molecule has 0 amide bonds. The van der Waals surface area contributed by atoms with E-state index in [1.54, 1.807) is 6.20 Å². The van der Waals surface area contributed by atoms with Gasteiger partial charge in [-0.1, -0.05) is 18.2 Å². The number of nitrogens with zero attached hydrogens (tertiary/aromatic N) is 1. The van der Waals surface area contributed by atoms with Gasteiger partial charge in [-0.15, -0.1) is 0 Å². The lowest BCUT2D eigenvalue weighted by molar-refractivity contribution is 0.274. The topological polar surface area (TPSA) is 67.0 Å². The molecule has 1 aliphatic rings. The van der Waals surface area contributed by atoms with Gasteiger partial charge in [-0.05, 0) is 22.0 Å². The predicted octanol–water partition coefficient (Wildman–Crippen LogP) is 2.47. The number of hydrogen-bond acceptors (Lipinski definition) is 4. The Balaban J connectivity index is 1.93. The van der Waals surface area contributed by atoms with Crippen LogP contribution in [0.25, 0.3) is 0 Å². The first kappa shape index (κ1) is 12.2. The Morgan fingerprint density at radius 2 is 2.26 bits per heavy atom. The van der Waals surface area contributed by atoms with Crippen LogP contribution in [0.15, 0.2) is 39.7 Å². The summed E-state index contributed by atoms with van der Waals surface area (Å²) in [5.74, 6) is 0.889. The molecule has 0 spiro atoms. The van der Waals surface area contributed by atoms with E-state index in [1.807, 2.05) is 24.3 Å². The summed E-state index contributed by atoms with van der Waals surface area (Å²) in [4.78, 5) is 11.5. The Morgan fingerprint density at radius 1 is 1.42 bits per heavy atom. The molecule has 2 heterocycles. The lowest BCUT2D eigenvalue weighted by Gasteiger charge is -2.27. The Labute approximate surface area is 118 Å². The van der Waals surface area contributed by atoms with E-state index >= 15 is 0 Å². The molecule has 1 unspecified atom stereocenters. The number of fused-ring (bicyclic) bond motifs is 1. The molecule has 0 bridgehead atoms. The van der Waals surface area contributed by atoms with Crippen LogP contribution in [0.5, 0.6) is 5.75 Å². The van der Waals surface area contributed by atoms with Crippen LogP contribution in [0.3, 0.4) is 0 Å². The van der Waals surface area contributed by atoms with Crippen LogP contribution in [0.1, 0.15) is 18.0 Å². The van der Waals surface area contributed by atoms with Crippen LogP contribution in [0.2, 0.25) is 0 Å². The van der Waals surface area contributed by atoms with E-state index in [-0.39, 0.29) is 11.6 Å². The van der Waals surface area contributed by atoms with Crippen LogP contribution in [0.4, 0.5) is 5.69 Å². The SMILES string of the molecule is O=c1[nH]ncc(NC2CCOc3ccccc32)c1Br. The largest absolute Gasteiger partial charge is 0.493 e. The average molecular weight is 322 g/mol. The third kappa shape index (κ3) is 2.35. The maximum absolute atomic E-state index is 11.5. The van der Waals surface area contributed by atoms with Gasteiger partial charge in [0.05, 0.1) is 24.5 Å². The molecule has 19 heavy (non-hydrogen) atoms. The molecule has 2 N–H and O–H groups in total. The molecule has 1 atom stereocenters. The molecule has 0 saturated carbocycles. The number of aromatic amines is 1. The number of halogens is 1. The second-order valence-electron chi connectivity index (χ2n) is 4.30. The number of hydrogen-bond donors (Lipinski definition) is 2. The van der Waals surface area contributed by atoms with Crippen molar-refractivity contribution in [2.75, 3.05) is 11.9 Å². The summed E-state index contributed by atoms with van der Waals surface area (Å²) >= 11 is 3.27. The van der Waals surface area contributed by atoms with Crippen molar-refractivity contribution in [3.63, 3.8) is 0 Å². The van der Waals surface area contributed by atoms with Gasteiger partial charge in [-0.3, -0.25) is 4.79 Å². The standard InChI is InChI=1S/C13H12BrN3O2/c14-12-10(7-15-17-13(12)18)16-9-5-6-19-11-4-2-1-3-8(9)11/h1-4,7,9H,5-6H2,(H2,16,17,18). The van der Waals surface area contributed by atoms with E-state index in [0.717, 1.165) is 17.7 Å². The van der Waals surface area contributed by atoms with Crippen molar-refractivity contribution in [2.45, 2.75) is 12.5 Å². The summed E-state index contributed by atoms with van der Waals surface area (Å²) in [6.45, 7) is 0.656. The van der Waals surface area contributed by atoms with E-state index in [9.17, 15) is 4.79 Å². The molecule has 1 aliphatic heterocycles. The van der Waals surface area contributed by atoms with Gasteiger partial charge in [0.15, 0.2) is 0 Å². The zero-order chi connectivity index (χ0) is 13.2. The number of H-pyrrole nitrogens is 1. The highest BCUT2D eigenvalue weighted by atomic mass is 79.9. The van der Waals surface area contributed by atoms with Crippen LogP contribution in [-0.2, 0) is 0 Å². The van der Waals surface area contributed by atoms with Crippen LogP contribution in [0, 0.1) is 0 Å². The lowest BCUT2D eigenvalue weighted by atomic mass is 10.0. The first-order chi connectivity index (χ1) is 9.25. The van der Waals surface area contributed by atoms with Crippen LogP contribution < -0.4 is 15.6 Å². The Morgan fingerprint density at radius 3 is 3.16 bits per heavy atom. The highest BCUT2D eigenvalue weighted by Gasteiger charge is 2.21. The third-order valence-electron chi connectivity index (χ3n) is 3.08. The first-order valence-corrected chi connectivity index (χ1v) is 6.76. The molecular weight excluding hydrogens is 310 g/mol. The maximum atomic E-state index is 11.5. The molecule has 1 aromatic carbocycles. The van der Waals surface area contributed by atoms with E-state index in [4.69, 9.17) is 4.74 Å². The van der Waals surface area contributed by atoms with Gasteiger partial charge >= 0.3 is 0 Å². The minimum Gasteiger partial charge on any atom is -0.493 e. The van der Waals surface area contributed by atoms with Gasteiger partial charge < -0.3 is 10.1 Å².